The SMILES string of the molecule is CC1CC=Cc2ccc3cccc4c3c2C1C=C4. The van der Waals surface area contributed by atoms with Gasteiger partial charge >= 0.3 is 0 Å². The molecule has 0 heteroatoms. The van der Waals surface area contributed by atoms with E-state index in [4.69, 9.17) is 0 Å². The van der Waals surface area contributed by atoms with Gasteiger partial charge < -0.3 is 0 Å². The maximum atomic E-state index is 2.40. The maximum Gasteiger partial charge on any atom is 0.00622 e. The molecule has 0 spiro atoms. The summed E-state index contributed by atoms with van der Waals surface area (Å²) in [6.45, 7) is 2.36. The molecule has 18 heavy (non-hydrogen) atoms. The Morgan fingerprint density at radius 1 is 1.00 bits per heavy atom. The fourth-order valence-corrected chi connectivity index (χ4v) is 3.43. The van der Waals surface area contributed by atoms with E-state index >= 15 is 0 Å². The highest BCUT2D eigenvalue weighted by Gasteiger charge is 2.25. The molecule has 2 aliphatic rings. The molecule has 0 amide bonds. The fourth-order valence-electron chi connectivity index (χ4n) is 3.43. The Morgan fingerprint density at radius 3 is 2.89 bits per heavy atom. The van der Waals surface area contributed by atoms with E-state index in [0.29, 0.717) is 11.8 Å². The van der Waals surface area contributed by atoms with Crippen LogP contribution in [-0.4, -0.2) is 0 Å². The molecule has 2 aliphatic carbocycles. The smallest absolute Gasteiger partial charge is 0.00622 e. The standard InChI is InChI=1S/C18H16/c1-12-4-2-5-15-9-8-13-6-3-7-14-10-11-16(12)18(15)17(13)14/h2-3,5-12,16H,4H2,1H3. The first-order valence-electron chi connectivity index (χ1n) is 6.75. The van der Waals surface area contributed by atoms with Crippen LogP contribution < -0.4 is 0 Å². The summed E-state index contributed by atoms with van der Waals surface area (Å²) in [6.07, 6.45) is 10.5. The molecule has 0 aromatic heterocycles. The van der Waals surface area contributed by atoms with Crippen molar-refractivity contribution in [1.29, 1.82) is 0 Å². The third-order valence-corrected chi connectivity index (χ3v) is 4.39. The second kappa shape index (κ2) is 3.58. The lowest BCUT2D eigenvalue weighted by atomic mass is 9.78. The van der Waals surface area contributed by atoms with E-state index in [1.54, 1.807) is 5.56 Å². The van der Waals surface area contributed by atoms with E-state index in [-0.39, 0.29) is 0 Å². The Bertz CT molecular complexity index is 688. The zero-order valence-corrected chi connectivity index (χ0v) is 10.6. The van der Waals surface area contributed by atoms with Crippen LogP contribution in [0.4, 0.5) is 0 Å². The van der Waals surface area contributed by atoms with Crippen LogP contribution >= 0.6 is 0 Å². The lowest BCUT2D eigenvalue weighted by Gasteiger charge is -2.26. The van der Waals surface area contributed by atoms with Crippen molar-refractivity contribution in [2.45, 2.75) is 19.3 Å². The van der Waals surface area contributed by atoms with Crippen LogP contribution in [0.15, 0.2) is 42.5 Å². The molecule has 4 rings (SSSR count). The Kier molecular flexibility index (Phi) is 2.02. The lowest BCUT2D eigenvalue weighted by Crippen LogP contribution is -2.10. The third-order valence-electron chi connectivity index (χ3n) is 4.39. The predicted molar refractivity (Wildman–Crippen MR) is 78.5 cm³/mol. The summed E-state index contributed by atoms with van der Waals surface area (Å²) in [5.41, 5.74) is 4.34. The number of hydrogen-bond acceptors (Lipinski definition) is 0. The zero-order valence-electron chi connectivity index (χ0n) is 10.6. The van der Waals surface area contributed by atoms with Gasteiger partial charge in [0.25, 0.3) is 0 Å². The van der Waals surface area contributed by atoms with Gasteiger partial charge in [-0.2, -0.15) is 0 Å². The first-order chi connectivity index (χ1) is 8.84. The predicted octanol–water partition coefficient (Wildman–Crippen LogP) is 5.00. The molecular formula is C18H16. The minimum absolute atomic E-state index is 0.577. The van der Waals surface area contributed by atoms with E-state index in [0.717, 1.165) is 0 Å². The molecule has 0 radical (unpaired) electrons. The molecule has 0 fully saturated rings. The van der Waals surface area contributed by atoms with Gasteiger partial charge in [-0.3, -0.25) is 0 Å². The molecule has 0 saturated heterocycles. The van der Waals surface area contributed by atoms with Gasteiger partial charge in [0.2, 0.25) is 0 Å². The van der Waals surface area contributed by atoms with Gasteiger partial charge in [0.15, 0.2) is 0 Å². The summed E-state index contributed by atoms with van der Waals surface area (Å²) < 4.78 is 0. The summed E-state index contributed by atoms with van der Waals surface area (Å²) in [5.74, 6) is 1.27. The van der Waals surface area contributed by atoms with Crippen molar-refractivity contribution >= 4 is 22.9 Å². The molecule has 2 aromatic rings. The fraction of sp³-hybridized carbons (Fsp3) is 0.222. The average molecular weight is 232 g/mol. The molecule has 0 heterocycles. The highest BCUT2D eigenvalue weighted by molar-refractivity contribution is 5.98. The molecule has 0 aliphatic heterocycles. The molecule has 0 nitrogen and oxygen atoms in total. The van der Waals surface area contributed by atoms with Crippen LogP contribution in [0.3, 0.4) is 0 Å². The summed E-state index contributed by atoms with van der Waals surface area (Å²) in [6, 6.07) is 11.2. The van der Waals surface area contributed by atoms with Gasteiger partial charge in [0.1, 0.15) is 0 Å². The van der Waals surface area contributed by atoms with Crippen molar-refractivity contribution in [3.63, 3.8) is 0 Å². The van der Waals surface area contributed by atoms with Crippen LogP contribution in [0.5, 0.6) is 0 Å². The molecular weight excluding hydrogens is 216 g/mol. The molecule has 2 atom stereocenters. The largest absolute Gasteiger partial charge is 0.0836 e. The Balaban J connectivity index is 2.17. The monoisotopic (exact) mass is 232 g/mol. The highest BCUT2D eigenvalue weighted by Crippen LogP contribution is 2.43. The van der Waals surface area contributed by atoms with E-state index < -0.39 is 0 Å². The van der Waals surface area contributed by atoms with Crippen molar-refractivity contribution < 1.29 is 0 Å². The van der Waals surface area contributed by atoms with E-state index in [9.17, 15) is 0 Å². The van der Waals surface area contributed by atoms with Crippen molar-refractivity contribution in [2.75, 3.05) is 0 Å². The normalized spacial score (nSPS) is 24.3. The van der Waals surface area contributed by atoms with Gasteiger partial charge in [-0.15, -0.1) is 0 Å². The van der Waals surface area contributed by atoms with Crippen LogP contribution in [0.1, 0.15) is 36.0 Å². The maximum absolute atomic E-state index is 2.40. The number of benzene rings is 2. The molecule has 2 aromatic carbocycles. The average Bonchev–Trinajstić information content (AvgIpc) is 2.57. The van der Waals surface area contributed by atoms with E-state index in [2.05, 4.69) is 61.6 Å². The first-order valence-corrected chi connectivity index (χ1v) is 6.75. The minimum Gasteiger partial charge on any atom is -0.0836 e. The number of hydrogen-bond donors (Lipinski definition) is 0. The Labute approximate surface area is 108 Å². The molecule has 2 unspecified atom stereocenters. The summed E-state index contributed by atoms with van der Waals surface area (Å²) in [7, 11) is 0. The second-order valence-corrected chi connectivity index (χ2v) is 5.51. The minimum atomic E-state index is 0.577. The Morgan fingerprint density at radius 2 is 1.94 bits per heavy atom. The van der Waals surface area contributed by atoms with Crippen molar-refractivity contribution in [3.8, 4) is 0 Å². The molecule has 0 bridgehead atoms. The van der Waals surface area contributed by atoms with E-state index in [1.807, 2.05) is 0 Å². The van der Waals surface area contributed by atoms with Gasteiger partial charge in [-0.05, 0) is 39.8 Å². The van der Waals surface area contributed by atoms with Crippen molar-refractivity contribution in [2.24, 2.45) is 5.92 Å². The summed E-state index contributed by atoms with van der Waals surface area (Å²) in [4.78, 5) is 0. The molecule has 0 N–H and O–H groups in total. The van der Waals surface area contributed by atoms with Gasteiger partial charge in [0, 0.05) is 5.92 Å². The van der Waals surface area contributed by atoms with Gasteiger partial charge in [-0.25, -0.2) is 0 Å². The second-order valence-electron chi connectivity index (χ2n) is 5.51. The van der Waals surface area contributed by atoms with Gasteiger partial charge in [0.05, 0.1) is 0 Å². The molecule has 0 saturated carbocycles. The third kappa shape index (κ3) is 1.26. The quantitative estimate of drug-likeness (QED) is 0.599. The lowest BCUT2D eigenvalue weighted by molar-refractivity contribution is 0.537. The number of rotatable bonds is 0. The number of allylic oxidation sites excluding steroid dienone is 2. The summed E-state index contributed by atoms with van der Waals surface area (Å²) in [5, 5.41) is 2.85. The topological polar surface area (TPSA) is 0 Å². The highest BCUT2D eigenvalue weighted by atomic mass is 14.3. The van der Waals surface area contributed by atoms with Crippen LogP contribution in [0, 0.1) is 5.92 Å². The summed E-state index contributed by atoms with van der Waals surface area (Å²) >= 11 is 0. The Hall–Kier alpha value is -1.82. The molecule has 88 valence electrons. The van der Waals surface area contributed by atoms with Crippen molar-refractivity contribution in [1.82, 2.24) is 0 Å². The van der Waals surface area contributed by atoms with Crippen molar-refractivity contribution in [3.05, 3.63) is 59.2 Å². The van der Waals surface area contributed by atoms with E-state index in [1.165, 1.54) is 28.3 Å². The van der Waals surface area contributed by atoms with Crippen LogP contribution in [0.2, 0.25) is 0 Å². The van der Waals surface area contributed by atoms with Crippen LogP contribution in [-0.2, 0) is 0 Å². The zero-order chi connectivity index (χ0) is 12.1. The first kappa shape index (κ1) is 10.1. The van der Waals surface area contributed by atoms with Gasteiger partial charge in [-0.1, -0.05) is 61.6 Å². The van der Waals surface area contributed by atoms with Crippen LogP contribution in [0.25, 0.3) is 22.9 Å².